The molecule has 1 atom stereocenters. The fourth-order valence-electron chi connectivity index (χ4n) is 2.28. The van der Waals surface area contributed by atoms with Crippen molar-refractivity contribution in [3.8, 4) is 5.75 Å². The number of nitrogens with zero attached hydrogens (tertiary/aromatic N) is 1. The Balaban J connectivity index is 1.73. The quantitative estimate of drug-likeness (QED) is 0.747. The lowest BCUT2D eigenvalue weighted by Gasteiger charge is -2.15. The second kappa shape index (κ2) is 6.67. The van der Waals surface area contributed by atoms with Crippen LogP contribution in [0.15, 0.2) is 24.3 Å². The van der Waals surface area contributed by atoms with Gasteiger partial charge in [-0.15, -0.1) is 0 Å². The van der Waals surface area contributed by atoms with E-state index >= 15 is 0 Å². The largest absolute Gasteiger partial charge is 0.492 e. The molecule has 1 amide bonds. The van der Waals surface area contributed by atoms with Crippen LogP contribution in [0.5, 0.6) is 5.75 Å². The number of carbonyl (C=O) groups excluding carboxylic acids is 1. The fraction of sp³-hybridized carbons (Fsp3) is 0.429. The molecular formula is C14H19N3O2S. The number of likely N-dealkylation sites (tertiary alicyclic amines) is 1. The fourth-order valence-corrected chi connectivity index (χ4v) is 2.41. The summed E-state index contributed by atoms with van der Waals surface area (Å²) in [5.74, 6) is 0.567. The summed E-state index contributed by atoms with van der Waals surface area (Å²) >= 11 is 4.89. The summed E-state index contributed by atoms with van der Waals surface area (Å²) in [5, 5.41) is 0. The highest BCUT2D eigenvalue weighted by Crippen LogP contribution is 2.16. The van der Waals surface area contributed by atoms with Gasteiger partial charge in [-0.2, -0.15) is 0 Å². The van der Waals surface area contributed by atoms with Crippen LogP contribution in [0.4, 0.5) is 0 Å². The second-order valence-corrected chi connectivity index (χ2v) is 5.37. The van der Waals surface area contributed by atoms with Gasteiger partial charge in [0, 0.05) is 18.7 Å². The lowest BCUT2D eigenvalue weighted by Crippen LogP contribution is -2.30. The highest BCUT2D eigenvalue weighted by atomic mass is 32.1. The number of benzene rings is 1. The lowest BCUT2D eigenvalue weighted by atomic mass is 10.1. The normalized spacial score (nSPS) is 18.9. The molecule has 0 radical (unpaired) electrons. The van der Waals surface area contributed by atoms with E-state index in [4.69, 9.17) is 28.4 Å². The summed E-state index contributed by atoms with van der Waals surface area (Å²) in [5.41, 5.74) is 11.7. The maximum Gasteiger partial charge on any atom is 0.221 e. The average Bonchev–Trinajstić information content (AvgIpc) is 2.88. The molecular weight excluding hydrogens is 274 g/mol. The molecule has 1 aliphatic rings. The smallest absolute Gasteiger partial charge is 0.221 e. The topological polar surface area (TPSA) is 81.6 Å². The van der Waals surface area contributed by atoms with Crippen LogP contribution in [0.3, 0.4) is 0 Å². The van der Waals surface area contributed by atoms with Crippen LogP contribution in [0, 0.1) is 5.92 Å². The molecule has 0 aromatic heterocycles. The molecule has 1 heterocycles. The number of hydrogen-bond acceptors (Lipinski definition) is 4. The van der Waals surface area contributed by atoms with Crippen LogP contribution in [-0.2, 0) is 4.79 Å². The molecule has 108 valence electrons. The molecule has 20 heavy (non-hydrogen) atoms. The molecule has 0 spiro atoms. The Morgan fingerprint density at radius 3 is 2.60 bits per heavy atom. The van der Waals surface area contributed by atoms with Crippen molar-refractivity contribution in [1.29, 1.82) is 0 Å². The van der Waals surface area contributed by atoms with E-state index in [9.17, 15) is 4.79 Å². The van der Waals surface area contributed by atoms with Crippen molar-refractivity contribution in [2.45, 2.75) is 6.42 Å². The van der Waals surface area contributed by atoms with Crippen LogP contribution in [-0.4, -0.2) is 42.0 Å². The Morgan fingerprint density at radius 1 is 1.35 bits per heavy atom. The highest BCUT2D eigenvalue weighted by molar-refractivity contribution is 7.80. The Kier molecular flexibility index (Phi) is 4.92. The van der Waals surface area contributed by atoms with Gasteiger partial charge in [-0.05, 0) is 37.2 Å². The molecule has 5 nitrogen and oxygen atoms in total. The first kappa shape index (κ1) is 14.7. The summed E-state index contributed by atoms with van der Waals surface area (Å²) in [6.07, 6.45) is 0.845. The first-order valence-corrected chi connectivity index (χ1v) is 7.01. The van der Waals surface area contributed by atoms with Crippen LogP contribution in [0.1, 0.15) is 12.0 Å². The summed E-state index contributed by atoms with van der Waals surface area (Å²) in [7, 11) is 0. The first-order chi connectivity index (χ1) is 9.56. The van der Waals surface area contributed by atoms with Crippen molar-refractivity contribution in [2.24, 2.45) is 17.4 Å². The minimum absolute atomic E-state index is 0.0140. The predicted molar refractivity (Wildman–Crippen MR) is 81.6 cm³/mol. The minimum Gasteiger partial charge on any atom is -0.492 e. The zero-order valence-electron chi connectivity index (χ0n) is 11.2. The van der Waals surface area contributed by atoms with Crippen molar-refractivity contribution >= 4 is 23.1 Å². The third-order valence-electron chi connectivity index (χ3n) is 3.49. The second-order valence-electron chi connectivity index (χ2n) is 4.93. The predicted octanol–water partition coefficient (Wildman–Crippen LogP) is 0.507. The number of hydrogen-bond donors (Lipinski definition) is 2. The zero-order chi connectivity index (χ0) is 14.5. The molecule has 0 bridgehead atoms. The Labute approximate surface area is 123 Å². The van der Waals surface area contributed by atoms with Crippen molar-refractivity contribution in [3.05, 3.63) is 29.8 Å². The maximum absolute atomic E-state index is 11.1. The summed E-state index contributed by atoms with van der Waals surface area (Å²) in [6, 6.07) is 7.39. The van der Waals surface area contributed by atoms with Gasteiger partial charge in [-0.25, -0.2) is 0 Å². The number of nitrogens with two attached hydrogens (primary N) is 2. The highest BCUT2D eigenvalue weighted by Gasteiger charge is 2.25. The summed E-state index contributed by atoms with van der Waals surface area (Å²) in [6.45, 7) is 3.01. The molecule has 1 fully saturated rings. The molecule has 1 aromatic carbocycles. The zero-order valence-corrected chi connectivity index (χ0v) is 12.1. The van der Waals surface area contributed by atoms with E-state index in [0.717, 1.165) is 37.4 Å². The molecule has 1 saturated heterocycles. The molecule has 4 N–H and O–H groups in total. The van der Waals surface area contributed by atoms with E-state index in [0.29, 0.717) is 11.6 Å². The van der Waals surface area contributed by atoms with Gasteiger partial charge < -0.3 is 16.2 Å². The lowest BCUT2D eigenvalue weighted by molar-refractivity contribution is -0.121. The molecule has 1 aromatic rings. The van der Waals surface area contributed by atoms with Crippen molar-refractivity contribution in [1.82, 2.24) is 4.90 Å². The molecule has 2 rings (SSSR count). The SMILES string of the molecule is NC(=O)C1CCN(CCOc2ccc(C(N)=S)cc2)C1. The number of carbonyl (C=O) groups is 1. The third kappa shape index (κ3) is 3.91. The van der Waals surface area contributed by atoms with Gasteiger partial charge in [0.15, 0.2) is 0 Å². The number of primary amides is 1. The monoisotopic (exact) mass is 293 g/mol. The standard InChI is InChI=1S/C14H19N3O2S/c15-13(18)11-5-6-17(9-11)7-8-19-12-3-1-10(2-4-12)14(16)20/h1-4,11H,5-9H2,(H2,15,18)(H2,16,20). The average molecular weight is 293 g/mol. The number of thiocarbonyl (C=S) groups is 1. The molecule has 0 saturated carbocycles. The first-order valence-electron chi connectivity index (χ1n) is 6.60. The van der Waals surface area contributed by atoms with Gasteiger partial charge in [-0.1, -0.05) is 12.2 Å². The number of ether oxygens (including phenoxy) is 1. The van der Waals surface area contributed by atoms with Crippen molar-refractivity contribution < 1.29 is 9.53 Å². The number of amides is 1. The van der Waals surface area contributed by atoms with E-state index in [-0.39, 0.29) is 11.8 Å². The maximum atomic E-state index is 11.1. The Morgan fingerprint density at radius 2 is 2.05 bits per heavy atom. The van der Waals surface area contributed by atoms with E-state index in [1.165, 1.54) is 0 Å². The minimum atomic E-state index is -0.207. The van der Waals surface area contributed by atoms with Crippen molar-refractivity contribution in [3.63, 3.8) is 0 Å². The third-order valence-corrected chi connectivity index (χ3v) is 3.73. The Hall–Kier alpha value is -1.66. The van der Waals surface area contributed by atoms with E-state index in [1.807, 2.05) is 24.3 Å². The van der Waals surface area contributed by atoms with Gasteiger partial charge in [-0.3, -0.25) is 9.69 Å². The van der Waals surface area contributed by atoms with Gasteiger partial charge in [0.05, 0.1) is 5.92 Å². The van der Waals surface area contributed by atoms with E-state index < -0.39 is 0 Å². The van der Waals surface area contributed by atoms with Gasteiger partial charge >= 0.3 is 0 Å². The van der Waals surface area contributed by atoms with Crippen LogP contribution >= 0.6 is 12.2 Å². The van der Waals surface area contributed by atoms with Crippen molar-refractivity contribution in [2.75, 3.05) is 26.2 Å². The van der Waals surface area contributed by atoms with Gasteiger partial charge in [0.25, 0.3) is 0 Å². The molecule has 1 unspecified atom stereocenters. The molecule has 6 heteroatoms. The van der Waals surface area contributed by atoms with Gasteiger partial charge in [0.1, 0.15) is 17.3 Å². The van der Waals surface area contributed by atoms with Gasteiger partial charge in [0.2, 0.25) is 5.91 Å². The number of rotatable bonds is 6. The van der Waals surface area contributed by atoms with E-state index in [2.05, 4.69) is 4.90 Å². The van der Waals surface area contributed by atoms with Crippen LogP contribution < -0.4 is 16.2 Å². The molecule has 0 aliphatic carbocycles. The van der Waals surface area contributed by atoms with Crippen LogP contribution in [0.25, 0.3) is 0 Å². The van der Waals surface area contributed by atoms with E-state index in [1.54, 1.807) is 0 Å². The molecule has 1 aliphatic heterocycles. The Bertz CT molecular complexity index is 490. The summed E-state index contributed by atoms with van der Waals surface area (Å²) in [4.78, 5) is 13.6. The summed E-state index contributed by atoms with van der Waals surface area (Å²) < 4.78 is 5.66. The van der Waals surface area contributed by atoms with Crippen LogP contribution in [0.2, 0.25) is 0 Å².